The third-order valence-electron chi connectivity index (χ3n) is 3.62. The van der Waals surface area contributed by atoms with Crippen molar-refractivity contribution in [2.24, 2.45) is 0 Å². The molecule has 8 heteroatoms. The number of H-pyrrole nitrogens is 1. The molecule has 1 aliphatic heterocycles. The Morgan fingerprint density at radius 1 is 1.27 bits per heavy atom. The van der Waals surface area contributed by atoms with Gasteiger partial charge in [0.25, 0.3) is 0 Å². The van der Waals surface area contributed by atoms with Gasteiger partial charge in [0, 0.05) is 21.4 Å². The van der Waals surface area contributed by atoms with Crippen molar-refractivity contribution in [1.82, 2.24) is 4.98 Å². The maximum Gasteiger partial charge on any atom is 0.230 e. The molecule has 0 radical (unpaired) electrons. The maximum atomic E-state index is 9.94. The van der Waals surface area contributed by atoms with Gasteiger partial charge in [-0.3, -0.25) is 0 Å². The Labute approximate surface area is 134 Å². The Morgan fingerprint density at radius 3 is 2.77 bits per heavy atom. The highest BCUT2D eigenvalue weighted by molar-refractivity contribution is 9.10. The molecule has 7 nitrogen and oxygen atoms in total. The molecule has 1 aromatic heterocycles. The van der Waals surface area contributed by atoms with E-state index in [1.165, 1.54) is 0 Å². The molecule has 1 aliphatic rings. The van der Waals surface area contributed by atoms with Gasteiger partial charge in [-0.2, -0.15) is 0 Å². The third-order valence-corrected chi connectivity index (χ3v) is 4.12. The summed E-state index contributed by atoms with van der Waals surface area (Å²) in [7, 11) is 0. The Bertz CT molecular complexity index is 662. The number of halogens is 1. The molecule has 2 aromatic rings. The van der Waals surface area contributed by atoms with E-state index >= 15 is 0 Å². The van der Waals surface area contributed by atoms with Crippen molar-refractivity contribution in [1.29, 1.82) is 0 Å². The Morgan fingerprint density at radius 2 is 2.05 bits per heavy atom. The molecule has 5 N–H and O–H groups in total. The van der Waals surface area contributed by atoms with Crippen LogP contribution in [-0.2, 0) is 4.74 Å². The number of nitrogens with one attached hydrogen (secondary N) is 1. The Hall–Kier alpha value is -1.16. The topological polar surface area (TPSA) is 115 Å². The molecule has 0 amide bonds. The van der Waals surface area contributed by atoms with Crippen LogP contribution in [0.3, 0.4) is 0 Å². The first-order valence-corrected chi connectivity index (χ1v) is 7.54. The number of benzene rings is 1. The Balaban J connectivity index is 1.77. The van der Waals surface area contributed by atoms with Crippen LogP contribution in [-0.4, -0.2) is 62.7 Å². The minimum absolute atomic E-state index is 0.364. The Kier molecular flexibility index (Phi) is 4.40. The maximum absolute atomic E-state index is 9.94. The molecule has 1 saturated heterocycles. The minimum atomic E-state index is -1.34. The summed E-state index contributed by atoms with van der Waals surface area (Å²) in [6, 6.07) is 7.38. The van der Waals surface area contributed by atoms with Crippen molar-refractivity contribution in [2.75, 3.05) is 6.61 Å². The van der Waals surface area contributed by atoms with Gasteiger partial charge >= 0.3 is 0 Å². The standard InChI is InChI=1S/C14H16BrNO6/c15-7-1-2-8-6(3-7)4-10(16-8)21-14-12(20)11(19)13(22-14)9(18)5-17/h1-4,9,11-14,16-20H,5H2/t9-,11-,12-,13+,14-/m1/s1. The van der Waals surface area contributed by atoms with E-state index in [-0.39, 0.29) is 0 Å². The SMILES string of the molecule is OC[C@@H](O)[C@@H]1O[C@@H](Oc2cc3cc(Br)ccc3[nH]2)[C@H](O)[C@H]1O. The second kappa shape index (κ2) is 6.15. The second-order valence-electron chi connectivity index (χ2n) is 5.18. The van der Waals surface area contributed by atoms with Crippen LogP contribution in [0.25, 0.3) is 10.9 Å². The number of aliphatic hydroxyl groups is 4. The van der Waals surface area contributed by atoms with Crippen molar-refractivity contribution in [3.05, 3.63) is 28.7 Å². The summed E-state index contributed by atoms with van der Waals surface area (Å²) in [4.78, 5) is 3.02. The zero-order valence-electron chi connectivity index (χ0n) is 11.4. The van der Waals surface area contributed by atoms with Crippen LogP contribution in [0, 0.1) is 0 Å². The summed E-state index contributed by atoms with van der Waals surface area (Å²) in [6.07, 6.45) is -6.21. The molecule has 0 unspecified atom stereocenters. The molecule has 2 heterocycles. The monoisotopic (exact) mass is 373 g/mol. The van der Waals surface area contributed by atoms with E-state index in [1.54, 1.807) is 6.07 Å². The number of rotatable bonds is 4. The fourth-order valence-electron chi connectivity index (χ4n) is 2.46. The average molecular weight is 374 g/mol. The molecule has 3 rings (SSSR count). The minimum Gasteiger partial charge on any atom is -0.447 e. The van der Waals surface area contributed by atoms with E-state index in [0.29, 0.717) is 5.88 Å². The number of aliphatic hydroxyl groups excluding tert-OH is 4. The van der Waals surface area contributed by atoms with Gasteiger partial charge in [-0.1, -0.05) is 15.9 Å². The second-order valence-corrected chi connectivity index (χ2v) is 6.10. The molecular weight excluding hydrogens is 358 g/mol. The molecule has 0 bridgehead atoms. The van der Waals surface area contributed by atoms with Crippen molar-refractivity contribution in [2.45, 2.75) is 30.7 Å². The van der Waals surface area contributed by atoms with Gasteiger partial charge in [0.2, 0.25) is 6.29 Å². The summed E-state index contributed by atoms with van der Waals surface area (Å²) in [5.41, 5.74) is 0.846. The number of aromatic amines is 1. The molecule has 0 aliphatic carbocycles. The molecule has 1 fully saturated rings. The van der Waals surface area contributed by atoms with Gasteiger partial charge in [0.05, 0.1) is 6.61 Å². The predicted octanol–water partition coefficient (Wildman–Crippen LogP) is 0.109. The van der Waals surface area contributed by atoms with Crippen molar-refractivity contribution < 1.29 is 29.9 Å². The highest BCUT2D eigenvalue weighted by Crippen LogP contribution is 2.29. The summed E-state index contributed by atoms with van der Waals surface area (Å²) in [5, 5.41) is 39.2. The first-order valence-electron chi connectivity index (χ1n) is 6.75. The molecule has 120 valence electrons. The molecular formula is C14H16BrNO6. The van der Waals surface area contributed by atoms with Crippen molar-refractivity contribution in [3.63, 3.8) is 0 Å². The van der Waals surface area contributed by atoms with Gasteiger partial charge in [-0.25, -0.2) is 0 Å². The van der Waals surface area contributed by atoms with Gasteiger partial charge in [-0.15, -0.1) is 0 Å². The van der Waals surface area contributed by atoms with E-state index in [0.717, 1.165) is 15.4 Å². The van der Waals surface area contributed by atoms with E-state index in [2.05, 4.69) is 20.9 Å². The lowest BCUT2D eigenvalue weighted by molar-refractivity contribution is -0.138. The van der Waals surface area contributed by atoms with Gasteiger partial charge in [0.15, 0.2) is 5.88 Å². The number of hydrogen-bond acceptors (Lipinski definition) is 6. The number of ether oxygens (including phenoxy) is 2. The van der Waals surface area contributed by atoms with Crippen LogP contribution in [0.1, 0.15) is 0 Å². The van der Waals surface area contributed by atoms with Crippen molar-refractivity contribution in [3.8, 4) is 5.88 Å². The molecule has 1 aromatic carbocycles. The van der Waals surface area contributed by atoms with Gasteiger partial charge < -0.3 is 34.9 Å². The average Bonchev–Trinajstić information content (AvgIpc) is 3.01. The van der Waals surface area contributed by atoms with E-state index in [9.17, 15) is 15.3 Å². The highest BCUT2D eigenvalue weighted by atomic mass is 79.9. The number of aromatic nitrogens is 1. The van der Waals surface area contributed by atoms with Crippen LogP contribution in [0.4, 0.5) is 0 Å². The fraction of sp³-hybridized carbons (Fsp3) is 0.429. The summed E-state index contributed by atoms with van der Waals surface area (Å²) in [5.74, 6) is 0.364. The number of fused-ring (bicyclic) bond motifs is 1. The summed E-state index contributed by atoms with van der Waals surface area (Å²) >= 11 is 3.38. The fourth-order valence-corrected chi connectivity index (χ4v) is 2.84. The molecule has 22 heavy (non-hydrogen) atoms. The first kappa shape index (κ1) is 15.7. The van der Waals surface area contributed by atoms with E-state index in [4.69, 9.17) is 14.6 Å². The molecule has 0 saturated carbocycles. The number of hydrogen-bond donors (Lipinski definition) is 5. The van der Waals surface area contributed by atoms with Crippen LogP contribution in [0.5, 0.6) is 5.88 Å². The third kappa shape index (κ3) is 2.85. The van der Waals surface area contributed by atoms with E-state index in [1.807, 2.05) is 18.2 Å². The molecule has 5 atom stereocenters. The van der Waals surface area contributed by atoms with E-state index < -0.39 is 37.3 Å². The highest BCUT2D eigenvalue weighted by Gasteiger charge is 2.47. The lowest BCUT2D eigenvalue weighted by atomic mass is 10.1. The first-order chi connectivity index (χ1) is 10.5. The summed E-state index contributed by atoms with van der Waals surface area (Å²) < 4.78 is 11.7. The van der Waals surface area contributed by atoms with Gasteiger partial charge in [-0.05, 0) is 18.2 Å². The lowest BCUT2D eigenvalue weighted by Gasteiger charge is -2.18. The van der Waals surface area contributed by atoms with Crippen LogP contribution < -0.4 is 4.74 Å². The lowest BCUT2D eigenvalue weighted by Crippen LogP contribution is -2.40. The van der Waals surface area contributed by atoms with Crippen molar-refractivity contribution >= 4 is 26.8 Å². The normalized spacial score (nSPS) is 29.9. The largest absolute Gasteiger partial charge is 0.447 e. The zero-order valence-corrected chi connectivity index (χ0v) is 13.0. The zero-order chi connectivity index (χ0) is 15.9. The summed E-state index contributed by atoms with van der Waals surface area (Å²) in [6.45, 7) is -0.582. The van der Waals surface area contributed by atoms with Crippen LogP contribution in [0.15, 0.2) is 28.7 Å². The quantitative estimate of drug-likeness (QED) is 0.519. The predicted molar refractivity (Wildman–Crippen MR) is 80.4 cm³/mol. The van der Waals surface area contributed by atoms with Gasteiger partial charge in [0.1, 0.15) is 24.4 Å². The van der Waals surface area contributed by atoms with Crippen LogP contribution in [0.2, 0.25) is 0 Å². The molecule has 0 spiro atoms. The smallest absolute Gasteiger partial charge is 0.230 e. The van der Waals surface area contributed by atoms with Crippen LogP contribution >= 0.6 is 15.9 Å².